The van der Waals surface area contributed by atoms with Crippen molar-refractivity contribution in [2.75, 3.05) is 13.1 Å². The summed E-state index contributed by atoms with van der Waals surface area (Å²) in [6.45, 7) is 11.4. The maximum atomic E-state index is 5.81. The van der Waals surface area contributed by atoms with Crippen LogP contribution in [0.5, 0.6) is 0 Å². The van der Waals surface area contributed by atoms with Gasteiger partial charge in [0.1, 0.15) is 0 Å². The molecule has 2 unspecified atom stereocenters. The Morgan fingerprint density at radius 1 is 1.04 bits per heavy atom. The molecule has 1 N–H and O–H groups in total. The third-order valence-electron chi connectivity index (χ3n) is 4.51. The molecule has 1 aliphatic heterocycles. The highest BCUT2D eigenvalue weighted by atomic mass is 32.1. The van der Waals surface area contributed by atoms with Crippen molar-refractivity contribution in [3.63, 3.8) is 0 Å². The van der Waals surface area contributed by atoms with Gasteiger partial charge in [0.25, 0.3) is 0 Å². The average molecular weight is 345 g/mol. The lowest BCUT2D eigenvalue weighted by molar-refractivity contribution is -0.0704. The summed E-state index contributed by atoms with van der Waals surface area (Å²) >= 11 is 1.83. The zero-order chi connectivity index (χ0) is 16.9. The first kappa shape index (κ1) is 17.6. The van der Waals surface area contributed by atoms with Crippen LogP contribution in [0.2, 0.25) is 0 Å². The molecule has 24 heavy (non-hydrogen) atoms. The number of nitrogens with zero attached hydrogens (tertiary/aromatic N) is 1. The highest BCUT2D eigenvalue weighted by molar-refractivity contribution is 7.10. The Labute approximate surface area is 149 Å². The van der Waals surface area contributed by atoms with Crippen LogP contribution in [-0.2, 0) is 24.4 Å². The monoisotopic (exact) mass is 344 g/mol. The highest BCUT2D eigenvalue weighted by Crippen LogP contribution is 2.16. The minimum absolute atomic E-state index is 0.331. The minimum atomic E-state index is 0.331. The zero-order valence-electron chi connectivity index (χ0n) is 14.9. The largest absolute Gasteiger partial charge is 0.373 e. The van der Waals surface area contributed by atoms with Crippen molar-refractivity contribution in [3.05, 3.63) is 57.3 Å². The zero-order valence-corrected chi connectivity index (χ0v) is 15.7. The van der Waals surface area contributed by atoms with Crippen molar-refractivity contribution in [2.24, 2.45) is 0 Å². The molecular formula is C20H28N2OS. The first-order valence-electron chi connectivity index (χ1n) is 8.79. The van der Waals surface area contributed by atoms with E-state index in [9.17, 15) is 0 Å². The van der Waals surface area contributed by atoms with Crippen LogP contribution in [-0.4, -0.2) is 30.2 Å². The Kier molecular flexibility index (Phi) is 6.06. The van der Waals surface area contributed by atoms with Crippen molar-refractivity contribution in [1.82, 2.24) is 10.2 Å². The second kappa shape index (κ2) is 8.26. The molecule has 1 fully saturated rings. The van der Waals surface area contributed by atoms with Gasteiger partial charge in [0, 0.05) is 37.6 Å². The first-order valence-corrected chi connectivity index (χ1v) is 9.67. The predicted molar refractivity (Wildman–Crippen MR) is 101 cm³/mol. The molecule has 4 heteroatoms. The van der Waals surface area contributed by atoms with Crippen molar-refractivity contribution >= 4 is 11.3 Å². The predicted octanol–water partition coefficient (Wildman–Crippen LogP) is 3.96. The standard InChI is InChI=1S/C20H28N2OS/c1-15-8-9-24-20(15)11-21-10-18-4-6-19(7-5-18)14-22-12-16(2)23-17(3)13-22/h4-9,16-17,21H,10-14H2,1-3H3. The SMILES string of the molecule is Cc1ccsc1CNCc1ccc(CN2CC(C)OC(C)C2)cc1. The fraction of sp³-hybridized carbons (Fsp3) is 0.500. The lowest BCUT2D eigenvalue weighted by Crippen LogP contribution is -2.44. The Morgan fingerprint density at radius 3 is 2.33 bits per heavy atom. The molecule has 0 aliphatic carbocycles. The Morgan fingerprint density at radius 2 is 1.71 bits per heavy atom. The number of hydrogen-bond acceptors (Lipinski definition) is 4. The fourth-order valence-corrected chi connectivity index (χ4v) is 4.22. The highest BCUT2D eigenvalue weighted by Gasteiger charge is 2.21. The van der Waals surface area contributed by atoms with E-state index in [0.29, 0.717) is 12.2 Å². The van der Waals surface area contributed by atoms with Gasteiger partial charge in [-0.3, -0.25) is 4.90 Å². The number of rotatable bonds is 6. The lowest BCUT2D eigenvalue weighted by atomic mass is 10.1. The molecule has 3 rings (SSSR count). The number of hydrogen-bond donors (Lipinski definition) is 1. The molecule has 0 saturated carbocycles. The van der Waals surface area contributed by atoms with Crippen LogP contribution in [0.15, 0.2) is 35.7 Å². The van der Waals surface area contributed by atoms with E-state index in [2.05, 4.69) is 66.7 Å². The second-order valence-electron chi connectivity index (χ2n) is 6.90. The van der Waals surface area contributed by atoms with Gasteiger partial charge in [-0.25, -0.2) is 0 Å². The fourth-order valence-electron chi connectivity index (χ4n) is 3.34. The smallest absolute Gasteiger partial charge is 0.0678 e. The van der Waals surface area contributed by atoms with Crippen LogP contribution in [0, 0.1) is 6.92 Å². The van der Waals surface area contributed by atoms with Gasteiger partial charge in [-0.15, -0.1) is 11.3 Å². The van der Waals surface area contributed by atoms with Gasteiger partial charge in [-0.05, 0) is 48.9 Å². The number of aryl methyl sites for hydroxylation is 1. The number of morpholine rings is 1. The van der Waals surface area contributed by atoms with E-state index in [1.807, 2.05) is 11.3 Å². The van der Waals surface area contributed by atoms with Crippen LogP contribution < -0.4 is 5.32 Å². The van der Waals surface area contributed by atoms with Crippen molar-refractivity contribution in [1.29, 1.82) is 0 Å². The van der Waals surface area contributed by atoms with Crippen LogP contribution in [0.3, 0.4) is 0 Å². The molecule has 1 aliphatic rings. The molecule has 0 bridgehead atoms. The maximum absolute atomic E-state index is 5.81. The summed E-state index contributed by atoms with van der Waals surface area (Å²) in [7, 11) is 0. The molecular weight excluding hydrogens is 316 g/mol. The van der Waals surface area contributed by atoms with E-state index in [0.717, 1.165) is 32.7 Å². The molecule has 2 heterocycles. The third kappa shape index (κ3) is 4.90. The molecule has 0 spiro atoms. The van der Waals surface area contributed by atoms with Gasteiger partial charge in [-0.1, -0.05) is 24.3 Å². The molecule has 130 valence electrons. The molecule has 0 amide bonds. The molecule has 1 aromatic carbocycles. The van der Waals surface area contributed by atoms with Gasteiger partial charge >= 0.3 is 0 Å². The Bertz CT molecular complexity index is 627. The minimum Gasteiger partial charge on any atom is -0.373 e. The Hall–Kier alpha value is -1.20. The van der Waals surface area contributed by atoms with E-state index in [1.54, 1.807) is 0 Å². The van der Waals surface area contributed by atoms with Gasteiger partial charge in [0.15, 0.2) is 0 Å². The number of benzene rings is 1. The van der Waals surface area contributed by atoms with Crippen LogP contribution >= 0.6 is 11.3 Å². The molecule has 2 atom stereocenters. The topological polar surface area (TPSA) is 24.5 Å². The normalized spacial score (nSPS) is 22.0. The molecule has 0 radical (unpaired) electrons. The molecule has 2 aromatic rings. The maximum Gasteiger partial charge on any atom is 0.0678 e. The number of nitrogens with one attached hydrogen (secondary N) is 1. The van der Waals surface area contributed by atoms with Crippen LogP contribution in [0.1, 0.15) is 35.4 Å². The van der Waals surface area contributed by atoms with E-state index in [1.165, 1.54) is 21.6 Å². The van der Waals surface area contributed by atoms with E-state index in [-0.39, 0.29) is 0 Å². The third-order valence-corrected chi connectivity index (χ3v) is 5.53. The molecule has 3 nitrogen and oxygen atoms in total. The second-order valence-corrected chi connectivity index (χ2v) is 7.90. The summed E-state index contributed by atoms with van der Waals surface area (Å²) in [5.41, 5.74) is 4.11. The summed E-state index contributed by atoms with van der Waals surface area (Å²) in [5, 5.41) is 5.70. The van der Waals surface area contributed by atoms with E-state index < -0.39 is 0 Å². The molecule has 1 saturated heterocycles. The lowest BCUT2D eigenvalue weighted by Gasteiger charge is -2.35. The van der Waals surface area contributed by atoms with Crippen LogP contribution in [0.4, 0.5) is 0 Å². The van der Waals surface area contributed by atoms with E-state index in [4.69, 9.17) is 4.74 Å². The van der Waals surface area contributed by atoms with Crippen LogP contribution in [0.25, 0.3) is 0 Å². The quantitative estimate of drug-likeness (QED) is 0.858. The van der Waals surface area contributed by atoms with Crippen molar-refractivity contribution in [2.45, 2.75) is 52.6 Å². The van der Waals surface area contributed by atoms with Crippen molar-refractivity contribution < 1.29 is 4.74 Å². The summed E-state index contributed by atoms with van der Waals surface area (Å²) < 4.78 is 5.81. The van der Waals surface area contributed by atoms with Gasteiger partial charge in [-0.2, -0.15) is 0 Å². The van der Waals surface area contributed by atoms with Gasteiger partial charge in [0.05, 0.1) is 12.2 Å². The summed E-state index contributed by atoms with van der Waals surface area (Å²) in [5.74, 6) is 0. The summed E-state index contributed by atoms with van der Waals surface area (Å²) in [6.07, 6.45) is 0.663. The first-order chi connectivity index (χ1) is 11.6. The van der Waals surface area contributed by atoms with E-state index >= 15 is 0 Å². The number of ether oxygens (including phenoxy) is 1. The van der Waals surface area contributed by atoms with Gasteiger partial charge < -0.3 is 10.1 Å². The number of thiophene rings is 1. The molecule has 1 aromatic heterocycles. The average Bonchev–Trinajstić information content (AvgIpc) is 2.93. The summed E-state index contributed by atoms with van der Waals surface area (Å²) in [4.78, 5) is 3.92. The van der Waals surface area contributed by atoms with Gasteiger partial charge in [0.2, 0.25) is 0 Å². The van der Waals surface area contributed by atoms with Crippen molar-refractivity contribution in [3.8, 4) is 0 Å². The summed E-state index contributed by atoms with van der Waals surface area (Å²) in [6, 6.07) is 11.2. The Balaban J connectivity index is 1.47.